The Hall–Kier alpha value is -4.06. The summed E-state index contributed by atoms with van der Waals surface area (Å²) in [6.07, 6.45) is 0. The summed E-state index contributed by atoms with van der Waals surface area (Å²) in [5.41, 5.74) is 2.48. The molecule has 0 aliphatic rings. The highest BCUT2D eigenvalue weighted by Crippen LogP contribution is 2.26. The van der Waals surface area contributed by atoms with Gasteiger partial charge in [-0.05, 0) is 24.4 Å². The van der Waals surface area contributed by atoms with Crippen molar-refractivity contribution in [1.82, 2.24) is 5.32 Å². The van der Waals surface area contributed by atoms with Gasteiger partial charge in [-0.1, -0.05) is 60.7 Å². The number of ether oxygens (including phenoxy) is 3. The average molecular weight is 416 g/mol. The Labute approximate surface area is 181 Å². The lowest BCUT2D eigenvalue weighted by atomic mass is 10.1. The standard InChI is InChI=1S/C25H24N2O4/c1-26-23(19-12-8-5-9-13-19)25(31-17-18-10-6-4-7-11-18)27-24(28)21-15-14-20(29-2)16-22(21)30-3/h4-16H,1,17H2,2-3H3,(H,27,28)/b25-23-. The molecule has 0 spiro atoms. The van der Waals surface area contributed by atoms with E-state index >= 15 is 0 Å². The first-order chi connectivity index (χ1) is 15.2. The molecule has 3 aromatic rings. The maximum atomic E-state index is 13.1. The number of methoxy groups -OCH3 is 2. The zero-order valence-electron chi connectivity index (χ0n) is 17.5. The highest BCUT2D eigenvalue weighted by Gasteiger charge is 2.18. The van der Waals surface area contributed by atoms with Crippen LogP contribution in [0.1, 0.15) is 21.5 Å². The summed E-state index contributed by atoms with van der Waals surface area (Å²) in [6, 6.07) is 24.0. The van der Waals surface area contributed by atoms with Gasteiger partial charge < -0.3 is 14.2 Å². The van der Waals surface area contributed by atoms with E-state index in [1.54, 1.807) is 25.3 Å². The van der Waals surface area contributed by atoms with Gasteiger partial charge in [-0.2, -0.15) is 0 Å². The second-order valence-corrected chi connectivity index (χ2v) is 6.50. The largest absolute Gasteiger partial charge is 0.497 e. The van der Waals surface area contributed by atoms with Crippen molar-refractivity contribution in [2.75, 3.05) is 14.2 Å². The quantitative estimate of drug-likeness (QED) is 0.406. The van der Waals surface area contributed by atoms with E-state index in [-0.39, 0.29) is 12.5 Å². The monoisotopic (exact) mass is 416 g/mol. The molecule has 1 amide bonds. The number of amides is 1. The highest BCUT2D eigenvalue weighted by atomic mass is 16.5. The molecule has 0 saturated carbocycles. The van der Waals surface area contributed by atoms with Crippen LogP contribution in [-0.2, 0) is 11.3 Å². The summed E-state index contributed by atoms with van der Waals surface area (Å²) in [5, 5.41) is 2.83. The van der Waals surface area contributed by atoms with Crippen LogP contribution in [0.3, 0.4) is 0 Å². The SMILES string of the molecule is C=N/C(=C(/NC(=O)c1ccc(OC)cc1OC)OCc1ccccc1)c1ccccc1. The number of nitrogens with zero attached hydrogens (tertiary/aromatic N) is 1. The minimum atomic E-state index is -0.403. The zero-order valence-corrected chi connectivity index (χ0v) is 17.5. The second-order valence-electron chi connectivity index (χ2n) is 6.50. The first-order valence-corrected chi connectivity index (χ1v) is 9.62. The molecule has 3 aromatic carbocycles. The van der Waals surface area contributed by atoms with Gasteiger partial charge in [0.25, 0.3) is 5.91 Å². The molecule has 158 valence electrons. The molecular formula is C25H24N2O4. The van der Waals surface area contributed by atoms with Crippen molar-refractivity contribution in [3.8, 4) is 11.5 Å². The summed E-state index contributed by atoms with van der Waals surface area (Å²) in [4.78, 5) is 17.2. The summed E-state index contributed by atoms with van der Waals surface area (Å²) >= 11 is 0. The third-order valence-electron chi connectivity index (χ3n) is 4.53. The fraction of sp³-hybridized carbons (Fsp3) is 0.120. The fourth-order valence-corrected chi connectivity index (χ4v) is 2.94. The topological polar surface area (TPSA) is 69.2 Å². The maximum absolute atomic E-state index is 13.1. The Morgan fingerprint density at radius 1 is 0.935 bits per heavy atom. The molecule has 0 unspecified atom stereocenters. The lowest BCUT2D eigenvalue weighted by Gasteiger charge is -2.16. The van der Waals surface area contributed by atoms with E-state index in [0.717, 1.165) is 11.1 Å². The number of hydrogen-bond acceptors (Lipinski definition) is 5. The van der Waals surface area contributed by atoms with Crippen molar-refractivity contribution >= 4 is 18.3 Å². The van der Waals surface area contributed by atoms with E-state index in [4.69, 9.17) is 14.2 Å². The first-order valence-electron chi connectivity index (χ1n) is 9.62. The van der Waals surface area contributed by atoms with Crippen molar-refractivity contribution in [2.24, 2.45) is 4.99 Å². The maximum Gasteiger partial charge on any atom is 0.261 e. The van der Waals surface area contributed by atoms with Crippen molar-refractivity contribution < 1.29 is 19.0 Å². The van der Waals surface area contributed by atoms with Crippen molar-refractivity contribution in [3.63, 3.8) is 0 Å². The van der Waals surface area contributed by atoms with Gasteiger partial charge in [0.15, 0.2) is 0 Å². The van der Waals surface area contributed by atoms with Gasteiger partial charge in [-0.25, -0.2) is 0 Å². The predicted octanol–water partition coefficient (Wildman–Crippen LogP) is 4.68. The molecule has 6 nitrogen and oxygen atoms in total. The van der Waals surface area contributed by atoms with Crippen LogP contribution >= 0.6 is 0 Å². The number of hydrogen-bond donors (Lipinski definition) is 1. The fourth-order valence-electron chi connectivity index (χ4n) is 2.94. The van der Waals surface area contributed by atoms with Crippen LogP contribution in [0, 0.1) is 0 Å². The zero-order chi connectivity index (χ0) is 22.1. The van der Waals surface area contributed by atoms with Crippen LogP contribution in [-0.4, -0.2) is 26.8 Å². The third-order valence-corrected chi connectivity index (χ3v) is 4.53. The van der Waals surface area contributed by atoms with Gasteiger partial charge in [0.2, 0.25) is 5.88 Å². The Morgan fingerprint density at radius 3 is 2.23 bits per heavy atom. The molecule has 0 fully saturated rings. The molecule has 0 aromatic heterocycles. The average Bonchev–Trinajstić information content (AvgIpc) is 2.83. The molecule has 0 aliphatic heterocycles. The lowest BCUT2D eigenvalue weighted by molar-refractivity contribution is 0.0909. The number of nitrogens with one attached hydrogen (secondary N) is 1. The minimum absolute atomic E-state index is 0.202. The molecule has 0 heterocycles. The van der Waals surface area contributed by atoms with Gasteiger partial charge in [0.1, 0.15) is 23.8 Å². The van der Waals surface area contributed by atoms with Gasteiger partial charge in [0.05, 0.1) is 19.8 Å². The molecule has 0 bridgehead atoms. The molecule has 31 heavy (non-hydrogen) atoms. The molecular weight excluding hydrogens is 392 g/mol. The lowest BCUT2D eigenvalue weighted by Crippen LogP contribution is -2.26. The first kappa shape index (κ1) is 21.6. The van der Waals surface area contributed by atoms with E-state index in [2.05, 4.69) is 17.0 Å². The number of aliphatic imine (C=N–C) groups is 1. The van der Waals surface area contributed by atoms with E-state index < -0.39 is 5.91 Å². The smallest absolute Gasteiger partial charge is 0.261 e. The number of carbonyl (C=O) groups is 1. The van der Waals surface area contributed by atoms with Gasteiger partial charge in [0, 0.05) is 11.6 Å². The Bertz CT molecular complexity index is 1060. The normalized spacial score (nSPS) is 11.2. The van der Waals surface area contributed by atoms with E-state index in [9.17, 15) is 4.79 Å². The Morgan fingerprint density at radius 2 is 1.61 bits per heavy atom. The van der Waals surface area contributed by atoms with Crippen LogP contribution in [0.2, 0.25) is 0 Å². The Balaban J connectivity index is 1.95. The molecule has 0 atom stereocenters. The molecule has 6 heteroatoms. The second kappa shape index (κ2) is 10.6. The minimum Gasteiger partial charge on any atom is -0.497 e. The van der Waals surface area contributed by atoms with Crippen LogP contribution < -0.4 is 14.8 Å². The van der Waals surface area contributed by atoms with E-state index in [1.165, 1.54) is 7.11 Å². The summed E-state index contributed by atoms with van der Waals surface area (Å²) in [6.45, 7) is 3.92. The van der Waals surface area contributed by atoms with E-state index in [0.29, 0.717) is 22.8 Å². The van der Waals surface area contributed by atoms with Crippen LogP contribution in [0.25, 0.3) is 5.70 Å². The third kappa shape index (κ3) is 5.51. The van der Waals surface area contributed by atoms with Crippen LogP contribution in [0.15, 0.2) is 89.7 Å². The van der Waals surface area contributed by atoms with Crippen molar-refractivity contribution in [1.29, 1.82) is 0 Å². The molecule has 3 rings (SSSR count). The highest BCUT2D eigenvalue weighted by molar-refractivity contribution is 5.98. The molecule has 0 radical (unpaired) electrons. The number of benzene rings is 3. The molecule has 0 saturated heterocycles. The molecule has 1 N–H and O–H groups in total. The number of carbonyl (C=O) groups excluding carboxylic acids is 1. The van der Waals surface area contributed by atoms with Crippen molar-refractivity contribution in [3.05, 3.63) is 101 Å². The predicted molar refractivity (Wildman–Crippen MR) is 121 cm³/mol. The Kier molecular flexibility index (Phi) is 7.43. The van der Waals surface area contributed by atoms with Crippen LogP contribution in [0.4, 0.5) is 0 Å². The summed E-state index contributed by atoms with van der Waals surface area (Å²) in [7, 11) is 3.05. The van der Waals surface area contributed by atoms with Crippen molar-refractivity contribution in [2.45, 2.75) is 6.61 Å². The summed E-state index contributed by atoms with van der Waals surface area (Å²) < 4.78 is 16.6. The summed E-state index contributed by atoms with van der Waals surface area (Å²) in [5.74, 6) is 0.766. The van der Waals surface area contributed by atoms with Gasteiger partial charge >= 0.3 is 0 Å². The van der Waals surface area contributed by atoms with Gasteiger partial charge in [-0.3, -0.25) is 15.1 Å². The van der Waals surface area contributed by atoms with Crippen LogP contribution in [0.5, 0.6) is 11.5 Å². The molecule has 0 aliphatic carbocycles. The number of rotatable bonds is 9. The van der Waals surface area contributed by atoms with Gasteiger partial charge in [-0.15, -0.1) is 0 Å². The van der Waals surface area contributed by atoms with E-state index in [1.807, 2.05) is 60.7 Å².